The first-order valence-electron chi connectivity index (χ1n) is 3.28. The third kappa shape index (κ3) is 5.96. The summed E-state index contributed by atoms with van der Waals surface area (Å²) in [6.07, 6.45) is 5.58. The Labute approximate surface area is 51.7 Å². The molecule has 0 amide bonds. The highest BCUT2D eigenvalue weighted by Gasteiger charge is 1.85. The van der Waals surface area contributed by atoms with Gasteiger partial charge in [0.25, 0.3) is 0 Å². The van der Waals surface area contributed by atoms with Crippen molar-refractivity contribution in [2.75, 3.05) is 0 Å². The van der Waals surface area contributed by atoms with Crippen LogP contribution in [-0.4, -0.2) is 5.11 Å². The van der Waals surface area contributed by atoms with E-state index in [0.29, 0.717) is 0 Å². The van der Waals surface area contributed by atoms with Gasteiger partial charge in [0.1, 0.15) is 6.61 Å². The fraction of sp³-hybridized carbons (Fsp3) is 0.857. The second-order valence-corrected chi connectivity index (χ2v) is 1.97. The largest absolute Gasteiger partial charge is 0.384 e. The van der Waals surface area contributed by atoms with Gasteiger partial charge in [-0.3, -0.25) is 0 Å². The van der Waals surface area contributed by atoms with Crippen molar-refractivity contribution < 1.29 is 5.11 Å². The predicted octanol–water partition coefficient (Wildman–Crippen LogP) is 2.37. The van der Waals surface area contributed by atoms with E-state index in [1.165, 1.54) is 19.3 Å². The van der Waals surface area contributed by atoms with E-state index < -0.39 is 0 Å². The molecule has 0 aromatic heterocycles. The summed E-state index contributed by atoms with van der Waals surface area (Å²) in [6, 6.07) is 0. The van der Waals surface area contributed by atoms with Crippen molar-refractivity contribution in [1.29, 1.82) is 0 Å². The molecule has 0 aliphatic rings. The van der Waals surface area contributed by atoms with Crippen molar-refractivity contribution in [1.82, 2.24) is 0 Å². The fourth-order valence-electron chi connectivity index (χ4n) is 0.631. The standard InChI is InChI=1S/C7H14O/c1-2-3-4-5-6-7-8/h8H,2-6H2,1H3. The molecule has 0 saturated heterocycles. The lowest BCUT2D eigenvalue weighted by Gasteiger charge is -1.92. The molecule has 0 atom stereocenters. The van der Waals surface area contributed by atoms with Crippen LogP contribution in [0.1, 0.15) is 39.0 Å². The molecule has 8 heavy (non-hydrogen) atoms. The second-order valence-electron chi connectivity index (χ2n) is 1.97. The maximum absolute atomic E-state index is 8.12. The average Bonchev–Trinajstić information content (AvgIpc) is 1.81. The molecular weight excluding hydrogens is 100 g/mol. The molecule has 48 valence electrons. The van der Waals surface area contributed by atoms with Crippen LogP contribution in [0.3, 0.4) is 0 Å². The number of aliphatic hydroxyl groups excluding tert-OH is 1. The molecule has 1 nitrogen and oxygen atoms in total. The van der Waals surface area contributed by atoms with Gasteiger partial charge in [0.15, 0.2) is 0 Å². The zero-order valence-corrected chi connectivity index (χ0v) is 5.48. The molecule has 1 N–H and O–H groups in total. The minimum Gasteiger partial charge on any atom is -0.384 e. The van der Waals surface area contributed by atoms with Crippen molar-refractivity contribution in [3.05, 3.63) is 6.61 Å². The van der Waals surface area contributed by atoms with Gasteiger partial charge in [-0.25, -0.2) is 0 Å². The third-order valence-corrected chi connectivity index (χ3v) is 1.14. The molecule has 0 heterocycles. The minimum atomic E-state index is 0.736. The monoisotopic (exact) mass is 114 g/mol. The van der Waals surface area contributed by atoms with Crippen LogP contribution in [0, 0.1) is 6.61 Å². The lowest BCUT2D eigenvalue weighted by molar-refractivity contribution is 0.367. The zero-order chi connectivity index (χ0) is 6.24. The summed E-state index contributed by atoms with van der Waals surface area (Å²) in [4.78, 5) is 0. The van der Waals surface area contributed by atoms with Crippen molar-refractivity contribution in [3.8, 4) is 0 Å². The normalized spacial score (nSPS) is 9.75. The zero-order valence-electron chi connectivity index (χ0n) is 5.48. The third-order valence-electron chi connectivity index (χ3n) is 1.14. The van der Waals surface area contributed by atoms with Crippen LogP contribution in [0.25, 0.3) is 0 Å². The first-order valence-corrected chi connectivity index (χ1v) is 3.28. The van der Waals surface area contributed by atoms with E-state index >= 15 is 0 Å². The van der Waals surface area contributed by atoms with E-state index in [4.69, 9.17) is 5.11 Å². The Morgan fingerprint density at radius 3 is 2.50 bits per heavy atom. The van der Waals surface area contributed by atoms with Gasteiger partial charge in [0, 0.05) is 0 Å². The van der Waals surface area contributed by atoms with Crippen LogP contribution in [0.2, 0.25) is 0 Å². The molecule has 0 aliphatic carbocycles. The summed E-state index contributed by atoms with van der Waals surface area (Å²) in [5.74, 6) is 0. The molecule has 0 aromatic carbocycles. The van der Waals surface area contributed by atoms with Crippen molar-refractivity contribution in [2.24, 2.45) is 0 Å². The Morgan fingerprint density at radius 1 is 1.25 bits per heavy atom. The number of unbranched alkanes of at least 4 members (excludes halogenated alkanes) is 4. The molecule has 0 bridgehead atoms. The van der Waals surface area contributed by atoms with Crippen LogP contribution in [0.4, 0.5) is 0 Å². The number of hydrogen-bond acceptors (Lipinski definition) is 1. The summed E-state index contributed by atoms with van der Waals surface area (Å²) in [5.41, 5.74) is 0. The summed E-state index contributed by atoms with van der Waals surface area (Å²) in [6.45, 7) is 4.30. The molecule has 0 aliphatic heterocycles. The predicted molar refractivity (Wildman–Crippen MR) is 33.9 cm³/mol. The number of aliphatic hydroxyl groups is 1. The average molecular weight is 114 g/mol. The van der Waals surface area contributed by atoms with Gasteiger partial charge < -0.3 is 5.11 Å². The highest BCUT2D eigenvalue weighted by molar-refractivity contribution is 4.47. The lowest BCUT2D eigenvalue weighted by atomic mass is 10.2. The van der Waals surface area contributed by atoms with E-state index in [0.717, 1.165) is 12.8 Å². The van der Waals surface area contributed by atoms with Crippen LogP contribution < -0.4 is 0 Å². The molecular formula is C7H14O. The maximum atomic E-state index is 8.12. The van der Waals surface area contributed by atoms with Crippen molar-refractivity contribution in [3.63, 3.8) is 0 Å². The van der Waals surface area contributed by atoms with Crippen LogP contribution in [0.15, 0.2) is 0 Å². The van der Waals surface area contributed by atoms with Crippen molar-refractivity contribution >= 4 is 0 Å². The molecule has 0 spiro atoms. The number of hydrogen-bond donors (Lipinski definition) is 1. The quantitative estimate of drug-likeness (QED) is 0.544. The van der Waals surface area contributed by atoms with Gasteiger partial charge in [0.05, 0.1) is 0 Å². The van der Waals surface area contributed by atoms with Gasteiger partial charge in [-0.05, 0) is 6.42 Å². The molecule has 2 radical (unpaired) electrons. The van der Waals surface area contributed by atoms with E-state index in [1.54, 1.807) is 0 Å². The Hall–Kier alpha value is -0.0400. The summed E-state index contributed by atoms with van der Waals surface area (Å²) in [7, 11) is 0. The van der Waals surface area contributed by atoms with E-state index in [-0.39, 0.29) is 0 Å². The van der Waals surface area contributed by atoms with E-state index in [2.05, 4.69) is 13.5 Å². The SMILES string of the molecule is CCCCCC[C]O. The van der Waals surface area contributed by atoms with Crippen LogP contribution >= 0.6 is 0 Å². The van der Waals surface area contributed by atoms with Crippen molar-refractivity contribution in [2.45, 2.75) is 39.0 Å². The molecule has 0 aromatic rings. The van der Waals surface area contributed by atoms with E-state index in [9.17, 15) is 0 Å². The van der Waals surface area contributed by atoms with Crippen LogP contribution in [0.5, 0.6) is 0 Å². The Bertz CT molecular complexity index is 29.4. The Morgan fingerprint density at radius 2 is 2.00 bits per heavy atom. The highest BCUT2D eigenvalue weighted by Crippen LogP contribution is 2.01. The fourth-order valence-corrected chi connectivity index (χ4v) is 0.631. The van der Waals surface area contributed by atoms with Gasteiger partial charge in [0.2, 0.25) is 0 Å². The first kappa shape index (κ1) is 7.96. The minimum absolute atomic E-state index is 0.736. The number of rotatable bonds is 5. The molecule has 1 heteroatoms. The van der Waals surface area contributed by atoms with Gasteiger partial charge in [-0.1, -0.05) is 32.6 Å². The smallest absolute Gasteiger partial charge is 0.128 e. The van der Waals surface area contributed by atoms with Gasteiger partial charge in [-0.2, -0.15) is 0 Å². The van der Waals surface area contributed by atoms with E-state index in [1.807, 2.05) is 0 Å². The first-order chi connectivity index (χ1) is 3.91. The topological polar surface area (TPSA) is 20.2 Å². The second kappa shape index (κ2) is 6.96. The lowest BCUT2D eigenvalue weighted by Crippen LogP contribution is -1.76. The Kier molecular flexibility index (Phi) is 6.93. The molecule has 0 fully saturated rings. The summed E-state index contributed by atoms with van der Waals surface area (Å²) in [5, 5.41) is 8.12. The highest BCUT2D eigenvalue weighted by atomic mass is 16.2. The molecule has 0 rings (SSSR count). The molecule has 0 unspecified atom stereocenters. The summed E-state index contributed by atoms with van der Waals surface area (Å²) < 4.78 is 0. The summed E-state index contributed by atoms with van der Waals surface area (Å²) >= 11 is 0. The Balaban J connectivity index is 2.53. The van der Waals surface area contributed by atoms with Crippen LogP contribution in [-0.2, 0) is 0 Å². The molecule has 0 saturated carbocycles. The van der Waals surface area contributed by atoms with Gasteiger partial charge in [-0.15, -0.1) is 0 Å². The maximum Gasteiger partial charge on any atom is 0.128 e. The van der Waals surface area contributed by atoms with Gasteiger partial charge >= 0.3 is 0 Å².